The van der Waals surface area contributed by atoms with Gasteiger partial charge in [0, 0.05) is 6.54 Å². The Hall–Kier alpha value is -1.99. The van der Waals surface area contributed by atoms with Gasteiger partial charge in [0.05, 0.1) is 12.6 Å². The summed E-state index contributed by atoms with van der Waals surface area (Å²) < 4.78 is 0. The Kier molecular flexibility index (Phi) is 5.85. The molecule has 0 bridgehead atoms. The van der Waals surface area contributed by atoms with E-state index in [1.54, 1.807) is 10.4 Å². The molecule has 0 aliphatic rings. The van der Waals surface area contributed by atoms with Crippen LogP contribution in [0, 0.1) is 5.92 Å². The third kappa shape index (κ3) is 4.78. The third-order valence-corrected chi connectivity index (χ3v) is 3.63. The van der Waals surface area contributed by atoms with Crippen molar-refractivity contribution in [3.63, 3.8) is 0 Å². The SMILES string of the molecule is CC(C)CN(C[C@H](O)c1ccccc1)C(=O)Nc1nncs1. The first-order valence-electron chi connectivity index (χ1n) is 7.11. The minimum atomic E-state index is -0.722. The second-order valence-corrected chi connectivity index (χ2v) is 6.23. The standard InChI is InChI=1S/C15H20N4O2S/c1-11(2)8-19(15(21)17-14-18-16-10-22-14)9-13(20)12-6-4-3-5-7-12/h3-7,10-11,13,20H,8-9H2,1-2H3,(H,17,18,21)/t13-/m0/s1. The van der Waals surface area contributed by atoms with E-state index in [-0.39, 0.29) is 12.6 Å². The highest BCUT2D eigenvalue weighted by Gasteiger charge is 2.20. The van der Waals surface area contributed by atoms with Crippen molar-refractivity contribution >= 4 is 22.5 Å². The molecule has 0 unspecified atom stereocenters. The molecule has 0 spiro atoms. The summed E-state index contributed by atoms with van der Waals surface area (Å²) >= 11 is 1.26. The summed E-state index contributed by atoms with van der Waals surface area (Å²) in [5, 5.41) is 21.0. The number of anilines is 1. The molecule has 0 aliphatic heterocycles. The van der Waals surface area contributed by atoms with Crippen molar-refractivity contribution in [1.82, 2.24) is 15.1 Å². The minimum Gasteiger partial charge on any atom is -0.387 e. The highest BCUT2D eigenvalue weighted by Crippen LogP contribution is 2.16. The first kappa shape index (κ1) is 16.4. The molecule has 118 valence electrons. The van der Waals surface area contributed by atoms with Gasteiger partial charge in [0.15, 0.2) is 0 Å². The molecule has 2 aromatic rings. The van der Waals surface area contributed by atoms with Crippen LogP contribution in [0.25, 0.3) is 0 Å². The van der Waals surface area contributed by atoms with Crippen LogP contribution in [0.1, 0.15) is 25.5 Å². The first-order valence-corrected chi connectivity index (χ1v) is 7.99. The number of amides is 2. The van der Waals surface area contributed by atoms with Crippen molar-refractivity contribution in [3.8, 4) is 0 Å². The van der Waals surface area contributed by atoms with Gasteiger partial charge in [0.2, 0.25) is 5.13 Å². The lowest BCUT2D eigenvalue weighted by Crippen LogP contribution is -2.40. The Morgan fingerprint density at radius 2 is 2.05 bits per heavy atom. The van der Waals surface area contributed by atoms with Crippen molar-refractivity contribution in [2.75, 3.05) is 18.4 Å². The van der Waals surface area contributed by atoms with E-state index in [2.05, 4.69) is 15.5 Å². The molecule has 0 fully saturated rings. The lowest BCUT2D eigenvalue weighted by atomic mass is 10.1. The maximum absolute atomic E-state index is 12.4. The van der Waals surface area contributed by atoms with Crippen molar-refractivity contribution in [1.29, 1.82) is 0 Å². The van der Waals surface area contributed by atoms with Crippen LogP contribution < -0.4 is 5.32 Å². The average molecular weight is 320 g/mol. The Bertz CT molecular complexity index is 574. The summed E-state index contributed by atoms with van der Waals surface area (Å²) in [4.78, 5) is 14.0. The zero-order valence-corrected chi connectivity index (χ0v) is 13.5. The number of benzene rings is 1. The zero-order valence-electron chi connectivity index (χ0n) is 12.6. The van der Waals surface area contributed by atoms with E-state index in [9.17, 15) is 9.90 Å². The molecular weight excluding hydrogens is 300 g/mol. The maximum Gasteiger partial charge on any atom is 0.323 e. The van der Waals surface area contributed by atoms with Gasteiger partial charge in [-0.1, -0.05) is 55.5 Å². The summed E-state index contributed by atoms with van der Waals surface area (Å²) in [6.07, 6.45) is -0.722. The van der Waals surface area contributed by atoms with Crippen molar-refractivity contribution in [2.45, 2.75) is 20.0 Å². The van der Waals surface area contributed by atoms with Gasteiger partial charge in [-0.25, -0.2) is 4.79 Å². The molecule has 1 heterocycles. The smallest absolute Gasteiger partial charge is 0.323 e. The van der Waals surface area contributed by atoms with E-state index >= 15 is 0 Å². The molecular formula is C15H20N4O2S. The highest BCUT2D eigenvalue weighted by molar-refractivity contribution is 7.13. The normalized spacial score (nSPS) is 12.2. The molecule has 22 heavy (non-hydrogen) atoms. The number of hydrogen-bond donors (Lipinski definition) is 2. The number of carbonyl (C=O) groups is 1. The molecule has 1 aromatic heterocycles. The zero-order chi connectivity index (χ0) is 15.9. The molecule has 0 saturated carbocycles. The van der Waals surface area contributed by atoms with Crippen LogP contribution >= 0.6 is 11.3 Å². The summed E-state index contributed by atoms with van der Waals surface area (Å²) in [5.74, 6) is 0.295. The summed E-state index contributed by atoms with van der Waals surface area (Å²) in [5.41, 5.74) is 2.35. The molecule has 2 rings (SSSR count). The van der Waals surface area contributed by atoms with Crippen LogP contribution in [0.5, 0.6) is 0 Å². The molecule has 2 amide bonds. The van der Waals surface area contributed by atoms with Crippen LogP contribution in [0.4, 0.5) is 9.93 Å². The van der Waals surface area contributed by atoms with Crippen molar-refractivity contribution in [2.24, 2.45) is 5.92 Å². The monoisotopic (exact) mass is 320 g/mol. The van der Waals surface area contributed by atoms with Gasteiger partial charge < -0.3 is 10.0 Å². The fourth-order valence-corrected chi connectivity index (χ4v) is 2.50. The first-order chi connectivity index (χ1) is 10.6. The molecule has 0 radical (unpaired) electrons. The molecule has 0 saturated heterocycles. The molecule has 0 aliphatic carbocycles. The van der Waals surface area contributed by atoms with Gasteiger partial charge in [-0.3, -0.25) is 5.32 Å². The number of aromatic nitrogens is 2. The number of nitrogens with zero attached hydrogens (tertiary/aromatic N) is 3. The number of rotatable bonds is 6. The summed E-state index contributed by atoms with van der Waals surface area (Å²) in [6.45, 7) is 4.83. The van der Waals surface area contributed by atoms with E-state index in [0.717, 1.165) is 5.56 Å². The van der Waals surface area contributed by atoms with E-state index in [4.69, 9.17) is 0 Å². The predicted octanol–water partition coefficient (Wildman–Crippen LogP) is 2.76. The lowest BCUT2D eigenvalue weighted by Gasteiger charge is -2.26. The van der Waals surface area contributed by atoms with Gasteiger partial charge in [-0.15, -0.1) is 10.2 Å². The van der Waals surface area contributed by atoms with E-state index in [1.165, 1.54) is 11.3 Å². The van der Waals surface area contributed by atoms with Gasteiger partial charge >= 0.3 is 6.03 Å². The van der Waals surface area contributed by atoms with Crippen LogP contribution in [0.3, 0.4) is 0 Å². The van der Waals surface area contributed by atoms with Gasteiger partial charge in [-0.05, 0) is 11.5 Å². The molecule has 2 N–H and O–H groups in total. The van der Waals surface area contributed by atoms with E-state index in [1.807, 2.05) is 44.2 Å². The van der Waals surface area contributed by atoms with Gasteiger partial charge in [0.25, 0.3) is 0 Å². The summed E-state index contributed by atoms with van der Waals surface area (Å²) in [6, 6.07) is 9.05. The third-order valence-electron chi connectivity index (χ3n) is 3.02. The second-order valence-electron chi connectivity index (χ2n) is 5.40. The predicted molar refractivity (Wildman–Crippen MR) is 86.7 cm³/mol. The van der Waals surface area contributed by atoms with Crippen LogP contribution in [-0.4, -0.2) is 39.3 Å². The van der Waals surface area contributed by atoms with Crippen LogP contribution in [-0.2, 0) is 0 Å². The van der Waals surface area contributed by atoms with Gasteiger partial charge in [-0.2, -0.15) is 0 Å². The van der Waals surface area contributed by atoms with Crippen LogP contribution in [0.2, 0.25) is 0 Å². The van der Waals surface area contributed by atoms with Crippen molar-refractivity contribution in [3.05, 3.63) is 41.4 Å². The number of urea groups is 1. The van der Waals surface area contributed by atoms with Crippen LogP contribution in [0.15, 0.2) is 35.8 Å². The fourth-order valence-electron chi connectivity index (χ4n) is 2.07. The highest BCUT2D eigenvalue weighted by atomic mass is 32.1. The number of carbonyl (C=O) groups excluding carboxylic acids is 1. The quantitative estimate of drug-likeness (QED) is 0.858. The molecule has 6 nitrogen and oxygen atoms in total. The Balaban J connectivity index is 2.03. The lowest BCUT2D eigenvalue weighted by molar-refractivity contribution is 0.121. The topological polar surface area (TPSA) is 78.4 Å². The van der Waals surface area contributed by atoms with Crippen molar-refractivity contribution < 1.29 is 9.90 Å². The number of hydrogen-bond acceptors (Lipinski definition) is 5. The number of aliphatic hydroxyl groups is 1. The van der Waals surface area contributed by atoms with Gasteiger partial charge in [0.1, 0.15) is 5.51 Å². The maximum atomic E-state index is 12.4. The largest absolute Gasteiger partial charge is 0.387 e. The fraction of sp³-hybridized carbons (Fsp3) is 0.400. The minimum absolute atomic E-state index is 0.229. The Labute approximate surface area is 133 Å². The number of aliphatic hydroxyl groups excluding tert-OH is 1. The second kappa shape index (κ2) is 7.86. The Morgan fingerprint density at radius 3 is 2.64 bits per heavy atom. The summed E-state index contributed by atoms with van der Waals surface area (Å²) in [7, 11) is 0. The Morgan fingerprint density at radius 1 is 1.32 bits per heavy atom. The average Bonchev–Trinajstić information content (AvgIpc) is 2.99. The number of nitrogens with one attached hydrogen (secondary N) is 1. The molecule has 1 aromatic carbocycles. The van der Waals surface area contributed by atoms with E-state index < -0.39 is 6.10 Å². The molecule has 7 heteroatoms. The van der Waals surface area contributed by atoms with E-state index in [0.29, 0.717) is 17.6 Å². The molecule has 1 atom stereocenters.